The molecule has 0 radical (unpaired) electrons. The summed E-state index contributed by atoms with van der Waals surface area (Å²) in [7, 11) is 1.54. The molecule has 0 aliphatic heterocycles. The molecule has 0 unspecified atom stereocenters. The quantitative estimate of drug-likeness (QED) is 0.627. The third-order valence-electron chi connectivity index (χ3n) is 1.53. The molecule has 0 spiro atoms. The molecule has 64 valence electrons. The Morgan fingerprint density at radius 3 is 3.00 bits per heavy atom. The summed E-state index contributed by atoms with van der Waals surface area (Å²) in [5.74, 6) is 0.558. The van der Waals surface area contributed by atoms with Gasteiger partial charge in [-0.25, -0.2) is 0 Å². The minimum absolute atomic E-state index is 0.0748. The van der Waals surface area contributed by atoms with Gasteiger partial charge in [0, 0.05) is 12.6 Å². The van der Waals surface area contributed by atoms with Crippen LogP contribution in [0.5, 0.6) is 5.88 Å². The largest absolute Gasteiger partial charge is 0.482 e. The van der Waals surface area contributed by atoms with Crippen molar-refractivity contribution in [2.45, 2.75) is 6.54 Å². The Kier molecular flexibility index (Phi) is 2.69. The van der Waals surface area contributed by atoms with E-state index in [0.29, 0.717) is 12.4 Å². The van der Waals surface area contributed by atoms with E-state index in [1.165, 1.54) is 17.7 Å². The minimum atomic E-state index is -0.0748. The maximum atomic E-state index is 11.2. The smallest absolute Gasteiger partial charge is 0.253 e. The van der Waals surface area contributed by atoms with Crippen LogP contribution in [0.1, 0.15) is 0 Å². The normalized spacial score (nSPS) is 9.42. The van der Waals surface area contributed by atoms with Crippen LogP contribution >= 0.6 is 0 Å². The Morgan fingerprint density at radius 2 is 2.42 bits per heavy atom. The van der Waals surface area contributed by atoms with Gasteiger partial charge in [0.25, 0.3) is 5.56 Å². The second-order valence-electron chi connectivity index (χ2n) is 2.31. The molecule has 0 amide bonds. The first-order valence-corrected chi connectivity index (χ1v) is 3.64. The Morgan fingerprint density at radius 1 is 1.67 bits per heavy atom. The molecule has 0 saturated heterocycles. The van der Waals surface area contributed by atoms with E-state index in [4.69, 9.17) is 4.74 Å². The predicted octanol–water partition coefficient (Wildman–Crippen LogP) is 1.04. The van der Waals surface area contributed by atoms with Crippen LogP contribution < -0.4 is 10.3 Å². The third-order valence-corrected chi connectivity index (χ3v) is 1.53. The highest BCUT2D eigenvalue weighted by atomic mass is 16.5. The molecule has 1 aromatic heterocycles. The van der Waals surface area contributed by atoms with Gasteiger partial charge in [-0.3, -0.25) is 9.36 Å². The van der Waals surface area contributed by atoms with Gasteiger partial charge >= 0.3 is 0 Å². The highest BCUT2D eigenvalue weighted by Crippen LogP contribution is 2.05. The molecule has 0 saturated carbocycles. The number of nitrogens with zero attached hydrogens (tertiary/aromatic N) is 1. The summed E-state index contributed by atoms with van der Waals surface area (Å²) in [6, 6.07) is 4.90. The summed E-state index contributed by atoms with van der Waals surface area (Å²) in [6.45, 7) is 4.03. The number of ether oxygens (including phenoxy) is 1. The fourth-order valence-electron chi connectivity index (χ4n) is 0.989. The summed E-state index contributed by atoms with van der Waals surface area (Å²) < 4.78 is 6.50. The molecule has 1 heterocycles. The molecule has 0 aliphatic carbocycles. The van der Waals surface area contributed by atoms with Crippen molar-refractivity contribution in [3.8, 4) is 5.88 Å². The fourth-order valence-corrected chi connectivity index (χ4v) is 0.989. The Bertz CT molecular complexity index is 328. The zero-order valence-electron chi connectivity index (χ0n) is 6.99. The summed E-state index contributed by atoms with van der Waals surface area (Å²) >= 11 is 0. The molecule has 3 nitrogen and oxygen atoms in total. The monoisotopic (exact) mass is 165 g/mol. The van der Waals surface area contributed by atoms with E-state index in [-0.39, 0.29) is 5.56 Å². The van der Waals surface area contributed by atoms with Crippen molar-refractivity contribution in [2.75, 3.05) is 7.11 Å². The van der Waals surface area contributed by atoms with Gasteiger partial charge in [0.2, 0.25) is 0 Å². The highest BCUT2D eigenvalue weighted by Gasteiger charge is 1.99. The van der Waals surface area contributed by atoms with Gasteiger partial charge in [-0.2, -0.15) is 0 Å². The topological polar surface area (TPSA) is 31.2 Å². The first-order valence-electron chi connectivity index (χ1n) is 3.64. The number of hydrogen-bond acceptors (Lipinski definition) is 2. The fraction of sp³-hybridized carbons (Fsp3) is 0.222. The maximum absolute atomic E-state index is 11.2. The van der Waals surface area contributed by atoms with Crippen LogP contribution in [0.2, 0.25) is 0 Å². The number of pyridine rings is 1. The summed E-state index contributed by atoms with van der Waals surface area (Å²) in [5, 5.41) is 0. The van der Waals surface area contributed by atoms with Gasteiger partial charge in [-0.05, 0) is 6.07 Å². The van der Waals surface area contributed by atoms with Gasteiger partial charge in [-0.15, -0.1) is 6.58 Å². The third kappa shape index (κ3) is 1.56. The molecule has 1 rings (SSSR count). The second-order valence-corrected chi connectivity index (χ2v) is 2.31. The standard InChI is InChI=1S/C9H11NO2/c1-3-7-10-8(11)5-4-6-9(10)12-2/h3-6H,1,7H2,2H3. The van der Waals surface area contributed by atoms with E-state index < -0.39 is 0 Å². The van der Waals surface area contributed by atoms with E-state index in [2.05, 4.69) is 6.58 Å². The van der Waals surface area contributed by atoms with E-state index >= 15 is 0 Å². The highest BCUT2D eigenvalue weighted by molar-refractivity contribution is 5.13. The van der Waals surface area contributed by atoms with Crippen LogP contribution in [-0.4, -0.2) is 11.7 Å². The lowest BCUT2D eigenvalue weighted by Gasteiger charge is -2.07. The lowest BCUT2D eigenvalue weighted by atomic mass is 10.4. The van der Waals surface area contributed by atoms with Crippen LogP contribution in [0.15, 0.2) is 35.6 Å². The lowest BCUT2D eigenvalue weighted by molar-refractivity contribution is 0.371. The SMILES string of the molecule is C=CCn1c(OC)cccc1=O. The van der Waals surface area contributed by atoms with Crippen LogP contribution in [0.25, 0.3) is 0 Å². The number of methoxy groups -OCH3 is 1. The first-order chi connectivity index (χ1) is 5.79. The van der Waals surface area contributed by atoms with Gasteiger partial charge in [0.15, 0.2) is 5.88 Å². The molecular formula is C9H11NO2. The van der Waals surface area contributed by atoms with Crippen molar-refractivity contribution in [3.63, 3.8) is 0 Å². The Hall–Kier alpha value is -1.51. The zero-order chi connectivity index (χ0) is 8.97. The maximum Gasteiger partial charge on any atom is 0.253 e. The van der Waals surface area contributed by atoms with Crippen LogP contribution in [0.3, 0.4) is 0 Å². The van der Waals surface area contributed by atoms with E-state index in [1.807, 2.05) is 0 Å². The molecule has 0 aromatic carbocycles. The van der Waals surface area contributed by atoms with E-state index in [0.717, 1.165) is 0 Å². The average Bonchev–Trinajstić information content (AvgIpc) is 2.09. The van der Waals surface area contributed by atoms with Gasteiger partial charge in [0.1, 0.15) is 0 Å². The van der Waals surface area contributed by atoms with Crippen molar-refractivity contribution >= 4 is 0 Å². The molecule has 1 aromatic rings. The summed E-state index contributed by atoms with van der Waals surface area (Å²) in [4.78, 5) is 11.2. The molecule has 0 fully saturated rings. The number of allylic oxidation sites excluding steroid dienone is 1. The van der Waals surface area contributed by atoms with Crippen molar-refractivity contribution in [2.24, 2.45) is 0 Å². The molecule has 0 bridgehead atoms. The van der Waals surface area contributed by atoms with E-state index in [9.17, 15) is 4.79 Å². The van der Waals surface area contributed by atoms with Gasteiger partial charge in [-0.1, -0.05) is 12.1 Å². The van der Waals surface area contributed by atoms with E-state index in [1.54, 1.807) is 18.2 Å². The first kappa shape index (κ1) is 8.59. The Labute approximate surface area is 70.9 Å². The molecule has 3 heteroatoms. The number of hydrogen-bond donors (Lipinski definition) is 0. The van der Waals surface area contributed by atoms with Crippen molar-refractivity contribution in [1.82, 2.24) is 4.57 Å². The average molecular weight is 165 g/mol. The molecular weight excluding hydrogens is 154 g/mol. The zero-order valence-corrected chi connectivity index (χ0v) is 6.99. The summed E-state index contributed by atoms with van der Waals surface area (Å²) in [5.41, 5.74) is -0.0748. The van der Waals surface area contributed by atoms with Crippen LogP contribution in [0, 0.1) is 0 Å². The minimum Gasteiger partial charge on any atom is -0.482 e. The van der Waals surface area contributed by atoms with Crippen molar-refractivity contribution < 1.29 is 4.74 Å². The van der Waals surface area contributed by atoms with Crippen LogP contribution in [0.4, 0.5) is 0 Å². The second kappa shape index (κ2) is 3.76. The molecule has 0 aliphatic rings. The van der Waals surface area contributed by atoms with Crippen molar-refractivity contribution in [3.05, 3.63) is 41.2 Å². The van der Waals surface area contributed by atoms with Crippen LogP contribution in [-0.2, 0) is 6.54 Å². The predicted molar refractivity (Wildman–Crippen MR) is 47.5 cm³/mol. The lowest BCUT2D eigenvalue weighted by Crippen LogP contribution is -2.19. The summed E-state index contributed by atoms with van der Waals surface area (Å²) in [6.07, 6.45) is 1.66. The molecule has 12 heavy (non-hydrogen) atoms. The Balaban J connectivity index is 3.19. The van der Waals surface area contributed by atoms with Gasteiger partial charge in [0.05, 0.1) is 7.11 Å². The van der Waals surface area contributed by atoms with Crippen molar-refractivity contribution in [1.29, 1.82) is 0 Å². The number of aromatic nitrogens is 1. The number of rotatable bonds is 3. The molecule has 0 N–H and O–H groups in total. The van der Waals surface area contributed by atoms with Gasteiger partial charge < -0.3 is 4.74 Å². The molecule has 0 atom stereocenters.